The Kier molecular flexibility index (Phi) is 6.54. The number of esters is 1. The second-order valence-corrected chi connectivity index (χ2v) is 7.79. The van der Waals surface area contributed by atoms with Gasteiger partial charge in [-0.1, -0.05) is 23.8 Å². The third-order valence-corrected chi connectivity index (χ3v) is 5.10. The van der Waals surface area contributed by atoms with Crippen LogP contribution in [0, 0.1) is 6.92 Å². The van der Waals surface area contributed by atoms with E-state index in [4.69, 9.17) is 16.2 Å². The summed E-state index contributed by atoms with van der Waals surface area (Å²) in [5, 5.41) is 0. The number of primary amides is 1. The summed E-state index contributed by atoms with van der Waals surface area (Å²) in [6.45, 7) is 5.73. The van der Waals surface area contributed by atoms with E-state index in [0.29, 0.717) is 37.1 Å². The Bertz CT molecular complexity index is 908. The van der Waals surface area contributed by atoms with E-state index in [1.165, 1.54) is 0 Å². The highest BCUT2D eigenvalue weighted by Crippen LogP contribution is 2.33. The van der Waals surface area contributed by atoms with Crippen LogP contribution < -0.4 is 16.4 Å². The minimum atomic E-state index is -0.425. The van der Waals surface area contributed by atoms with Gasteiger partial charge in [-0.15, -0.1) is 0 Å². The molecule has 1 aliphatic rings. The van der Waals surface area contributed by atoms with Crippen LogP contribution in [0.4, 0.5) is 5.69 Å². The Morgan fingerprint density at radius 2 is 2.03 bits per heavy atom. The second-order valence-electron chi connectivity index (χ2n) is 7.79. The van der Waals surface area contributed by atoms with E-state index in [-0.39, 0.29) is 12.0 Å². The van der Waals surface area contributed by atoms with Gasteiger partial charge in [-0.05, 0) is 62.4 Å². The van der Waals surface area contributed by atoms with Crippen molar-refractivity contribution in [1.29, 1.82) is 0 Å². The minimum Gasteiger partial charge on any atom is -0.462 e. The lowest BCUT2D eigenvalue weighted by atomic mass is 9.98. The number of amides is 1. The number of carbonyl (C=O) groups is 2. The first kappa shape index (κ1) is 20.9. The van der Waals surface area contributed by atoms with Gasteiger partial charge in [0.2, 0.25) is 0 Å². The highest BCUT2D eigenvalue weighted by atomic mass is 16.5. The fourth-order valence-electron chi connectivity index (χ4n) is 3.87. The number of hydrogen-bond acceptors (Lipinski definition) is 5. The molecule has 4 N–H and O–H groups in total. The number of nitrogens with zero attached hydrogens (tertiary/aromatic N) is 1. The molecule has 0 fully saturated rings. The van der Waals surface area contributed by atoms with Gasteiger partial charge in [0.25, 0.3) is 5.91 Å². The van der Waals surface area contributed by atoms with Crippen LogP contribution in [-0.4, -0.2) is 37.6 Å². The normalized spacial score (nSPS) is 13.8. The van der Waals surface area contributed by atoms with E-state index in [1.54, 1.807) is 6.07 Å². The van der Waals surface area contributed by atoms with Crippen LogP contribution in [0.1, 0.15) is 50.8 Å². The van der Waals surface area contributed by atoms with Crippen LogP contribution >= 0.6 is 0 Å². The van der Waals surface area contributed by atoms with Crippen molar-refractivity contribution in [2.24, 2.45) is 11.5 Å². The molecule has 0 radical (unpaired) electrons. The van der Waals surface area contributed by atoms with Gasteiger partial charge in [-0.2, -0.15) is 0 Å². The second kappa shape index (κ2) is 9.09. The first-order chi connectivity index (χ1) is 13.8. The van der Waals surface area contributed by atoms with Crippen molar-refractivity contribution in [1.82, 2.24) is 0 Å². The first-order valence-electron chi connectivity index (χ1n) is 10.0. The molecule has 2 aromatic carbocycles. The summed E-state index contributed by atoms with van der Waals surface area (Å²) < 4.78 is 5.40. The third-order valence-electron chi connectivity index (χ3n) is 5.10. The van der Waals surface area contributed by atoms with Crippen LogP contribution in [0.2, 0.25) is 0 Å². The Morgan fingerprint density at radius 1 is 1.24 bits per heavy atom. The lowest BCUT2D eigenvalue weighted by Gasteiger charge is -2.22. The maximum absolute atomic E-state index is 12.2. The van der Waals surface area contributed by atoms with Crippen molar-refractivity contribution < 1.29 is 14.3 Å². The van der Waals surface area contributed by atoms with Crippen LogP contribution in [0.5, 0.6) is 0 Å². The first-order valence-corrected chi connectivity index (χ1v) is 10.0. The smallest absolute Gasteiger partial charge is 0.338 e. The van der Waals surface area contributed by atoms with Crippen LogP contribution in [0.15, 0.2) is 36.4 Å². The lowest BCUT2D eigenvalue weighted by Crippen LogP contribution is -2.26. The summed E-state index contributed by atoms with van der Waals surface area (Å²) >= 11 is 0. The van der Waals surface area contributed by atoms with Crippen LogP contribution in [-0.2, 0) is 17.6 Å². The summed E-state index contributed by atoms with van der Waals surface area (Å²) in [5.74, 6) is -0.737. The number of ether oxygens (including phenoxy) is 1. The Hall–Kier alpha value is -2.86. The molecule has 0 aromatic heterocycles. The zero-order valence-electron chi connectivity index (χ0n) is 17.1. The molecule has 1 amide bonds. The molecule has 6 nitrogen and oxygen atoms in total. The number of anilines is 1. The standard InChI is InChI=1S/C23H29N3O3/c1-15-5-3-6-19(11-15)23(28)29-10-4-8-26-9-7-18-13-17(12-16(2)24)14-20(21(18)26)22(25)27/h3,5-6,11,13-14,16H,4,7-10,12,24H2,1-2H3,(H2,25,27)/t16-/m1/s1. The SMILES string of the molecule is Cc1cccc(C(=O)OCCCN2CCc3cc(C[C@@H](C)N)cc(C(N)=O)c32)c1. The van der Waals surface area contributed by atoms with Crippen molar-refractivity contribution in [3.8, 4) is 0 Å². The highest BCUT2D eigenvalue weighted by molar-refractivity contribution is 6.00. The van der Waals surface area contributed by atoms with Gasteiger partial charge in [-0.25, -0.2) is 4.79 Å². The van der Waals surface area contributed by atoms with Crippen LogP contribution in [0.25, 0.3) is 0 Å². The molecule has 0 spiro atoms. The van der Waals surface area contributed by atoms with Crippen molar-refractivity contribution in [3.63, 3.8) is 0 Å². The van der Waals surface area contributed by atoms with Crippen LogP contribution in [0.3, 0.4) is 0 Å². The van der Waals surface area contributed by atoms with E-state index in [1.807, 2.05) is 38.1 Å². The number of rotatable bonds is 8. The fraction of sp³-hybridized carbons (Fsp3) is 0.391. The molecule has 0 unspecified atom stereocenters. The topological polar surface area (TPSA) is 98.7 Å². The van der Waals surface area contributed by atoms with Crippen molar-refractivity contribution >= 4 is 17.6 Å². The van der Waals surface area contributed by atoms with Gasteiger partial charge in [0, 0.05) is 19.1 Å². The quantitative estimate of drug-likeness (QED) is 0.529. The average molecular weight is 396 g/mol. The molecule has 154 valence electrons. The number of benzene rings is 2. The summed E-state index contributed by atoms with van der Waals surface area (Å²) in [6, 6.07) is 11.4. The maximum atomic E-state index is 12.2. The van der Waals surface area contributed by atoms with E-state index in [9.17, 15) is 9.59 Å². The molecule has 0 saturated heterocycles. The average Bonchev–Trinajstić information content (AvgIpc) is 3.06. The molecule has 1 aliphatic heterocycles. The number of fused-ring (bicyclic) bond motifs is 1. The number of hydrogen-bond donors (Lipinski definition) is 2. The largest absolute Gasteiger partial charge is 0.462 e. The summed E-state index contributed by atoms with van der Waals surface area (Å²) in [5.41, 5.74) is 16.8. The predicted molar refractivity (Wildman–Crippen MR) is 114 cm³/mol. The Labute approximate surface area is 171 Å². The summed E-state index contributed by atoms with van der Waals surface area (Å²) in [7, 11) is 0. The van der Waals surface area contributed by atoms with Gasteiger partial charge in [-0.3, -0.25) is 4.79 Å². The predicted octanol–water partition coefficient (Wildman–Crippen LogP) is 2.59. The molecule has 0 saturated carbocycles. The molecular formula is C23H29N3O3. The molecule has 1 atom stereocenters. The number of aryl methyl sites for hydroxylation is 1. The van der Waals surface area contributed by atoms with Gasteiger partial charge in [0.15, 0.2) is 0 Å². The minimum absolute atomic E-state index is 0.0226. The monoisotopic (exact) mass is 395 g/mol. The number of nitrogens with two attached hydrogens (primary N) is 2. The Morgan fingerprint density at radius 3 is 2.72 bits per heavy atom. The Balaban J connectivity index is 1.61. The summed E-state index contributed by atoms with van der Waals surface area (Å²) in [6.07, 6.45) is 2.25. The lowest BCUT2D eigenvalue weighted by molar-refractivity contribution is 0.0502. The zero-order chi connectivity index (χ0) is 21.0. The van der Waals surface area contributed by atoms with E-state index in [2.05, 4.69) is 11.0 Å². The molecule has 0 aliphatic carbocycles. The third kappa shape index (κ3) is 5.15. The molecule has 3 rings (SSSR count). The van der Waals surface area contributed by atoms with E-state index in [0.717, 1.165) is 35.3 Å². The zero-order valence-corrected chi connectivity index (χ0v) is 17.1. The molecule has 6 heteroatoms. The summed E-state index contributed by atoms with van der Waals surface area (Å²) in [4.78, 5) is 26.4. The fourth-order valence-corrected chi connectivity index (χ4v) is 3.87. The van der Waals surface area contributed by atoms with Gasteiger partial charge in [0.05, 0.1) is 23.4 Å². The van der Waals surface area contributed by atoms with E-state index >= 15 is 0 Å². The molecule has 2 aromatic rings. The highest BCUT2D eigenvalue weighted by Gasteiger charge is 2.25. The van der Waals surface area contributed by atoms with Crippen molar-refractivity contribution in [2.75, 3.05) is 24.6 Å². The van der Waals surface area contributed by atoms with Crippen molar-refractivity contribution in [2.45, 2.75) is 39.2 Å². The molecule has 1 heterocycles. The van der Waals surface area contributed by atoms with Gasteiger partial charge < -0.3 is 21.1 Å². The number of carbonyl (C=O) groups excluding carboxylic acids is 2. The van der Waals surface area contributed by atoms with E-state index < -0.39 is 5.91 Å². The molecule has 29 heavy (non-hydrogen) atoms. The maximum Gasteiger partial charge on any atom is 0.338 e. The molecular weight excluding hydrogens is 366 g/mol. The van der Waals surface area contributed by atoms with Gasteiger partial charge >= 0.3 is 5.97 Å². The molecule has 0 bridgehead atoms. The van der Waals surface area contributed by atoms with Crippen molar-refractivity contribution in [3.05, 3.63) is 64.2 Å². The van der Waals surface area contributed by atoms with Gasteiger partial charge in [0.1, 0.15) is 0 Å².